The van der Waals surface area contributed by atoms with Gasteiger partial charge in [-0.3, -0.25) is 14.6 Å². The van der Waals surface area contributed by atoms with Gasteiger partial charge in [0.25, 0.3) is 5.91 Å². The van der Waals surface area contributed by atoms with Crippen molar-refractivity contribution in [2.45, 2.75) is 89.0 Å². The number of methoxy groups -OCH3 is 1. The number of pyridine rings is 1. The van der Waals surface area contributed by atoms with Crippen LogP contribution in [0.25, 0.3) is 0 Å². The van der Waals surface area contributed by atoms with Crippen LogP contribution in [-0.4, -0.2) is 55.1 Å². The molecule has 10 heteroatoms. The van der Waals surface area contributed by atoms with Gasteiger partial charge < -0.3 is 9.47 Å². The third-order valence-corrected chi connectivity index (χ3v) is 8.36. The molecule has 1 N–H and O–H groups in total. The summed E-state index contributed by atoms with van der Waals surface area (Å²) in [5.41, 5.74) is 2.65. The lowest BCUT2D eigenvalue weighted by molar-refractivity contribution is -0.152. The maximum atomic E-state index is 14.2. The number of hydroxylamine groups is 1. The van der Waals surface area contributed by atoms with Crippen LogP contribution >= 0.6 is 0 Å². The van der Waals surface area contributed by atoms with Crippen LogP contribution in [0.1, 0.15) is 65.4 Å². The van der Waals surface area contributed by atoms with E-state index in [4.69, 9.17) is 14.3 Å². The van der Waals surface area contributed by atoms with E-state index in [0.717, 1.165) is 24.8 Å². The fourth-order valence-corrected chi connectivity index (χ4v) is 6.22. The third kappa shape index (κ3) is 8.23. The van der Waals surface area contributed by atoms with Crippen molar-refractivity contribution in [1.29, 1.82) is 0 Å². The molecule has 1 fully saturated rings. The lowest BCUT2D eigenvalue weighted by Crippen LogP contribution is -2.54. The van der Waals surface area contributed by atoms with E-state index in [1.54, 1.807) is 36.7 Å². The molecule has 2 aromatic rings. The number of amides is 1. The molecule has 1 aliphatic carbocycles. The fraction of sp³-hybridized carbons (Fsp3) is 0.571. The summed E-state index contributed by atoms with van der Waals surface area (Å²) in [5, 5.41) is 0. The van der Waals surface area contributed by atoms with Crippen molar-refractivity contribution in [2.24, 2.45) is 5.92 Å². The number of carbonyl (C=O) groups is 1. The van der Waals surface area contributed by atoms with E-state index in [-0.39, 0.29) is 23.5 Å². The highest BCUT2D eigenvalue weighted by Crippen LogP contribution is 2.35. The van der Waals surface area contributed by atoms with Crippen molar-refractivity contribution in [3.05, 3.63) is 54.4 Å². The number of hydrogen-bond donors (Lipinski definition) is 1. The van der Waals surface area contributed by atoms with E-state index in [1.165, 1.54) is 23.5 Å². The van der Waals surface area contributed by atoms with Crippen molar-refractivity contribution in [3.63, 3.8) is 0 Å². The lowest BCUT2D eigenvalue weighted by atomic mass is 9.82. The van der Waals surface area contributed by atoms with Gasteiger partial charge in [-0.05, 0) is 101 Å². The number of benzene rings is 1. The van der Waals surface area contributed by atoms with Crippen molar-refractivity contribution >= 4 is 15.9 Å². The molecule has 0 saturated heterocycles. The number of nitrogens with zero attached hydrogens (tertiary/aromatic N) is 2. The van der Waals surface area contributed by atoms with Gasteiger partial charge in [0.15, 0.2) is 0 Å². The highest BCUT2D eigenvalue weighted by Gasteiger charge is 2.43. The molecule has 1 amide bonds. The number of nitrogens with one attached hydrogen (secondary N) is 1. The molecule has 1 heterocycles. The normalized spacial score (nSPS) is 19.2. The van der Waals surface area contributed by atoms with Crippen LogP contribution in [0.2, 0.25) is 0 Å². The van der Waals surface area contributed by atoms with Gasteiger partial charge in [0.2, 0.25) is 10.0 Å². The number of rotatable bonds is 12. The average molecular weight is 548 g/mol. The van der Waals surface area contributed by atoms with E-state index in [2.05, 4.69) is 17.4 Å². The quantitative estimate of drug-likeness (QED) is 0.391. The summed E-state index contributed by atoms with van der Waals surface area (Å²) in [6, 6.07) is 8.74. The minimum atomic E-state index is -4.09. The van der Waals surface area contributed by atoms with Crippen molar-refractivity contribution in [1.82, 2.24) is 14.8 Å². The first kappa shape index (κ1) is 30.0. The molecule has 0 radical (unpaired) electrons. The van der Waals surface area contributed by atoms with Gasteiger partial charge in [-0.15, -0.1) is 0 Å². The molecule has 1 aromatic carbocycles. The molecule has 1 aliphatic rings. The lowest BCUT2D eigenvalue weighted by Gasteiger charge is -2.39. The number of ether oxygens (including phenoxy) is 2. The van der Waals surface area contributed by atoms with E-state index in [9.17, 15) is 13.2 Å². The Balaban J connectivity index is 2.01. The summed E-state index contributed by atoms with van der Waals surface area (Å²) in [6.07, 6.45) is 7.13. The van der Waals surface area contributed by atoms with Crippen LogP contribution in [-0.2, 0) is 30.9 Å². The Kier molecular flexibility index (Phi) is 10.7. The van der Waals surface area contributed by atoms with Gasteiger partial charge in [0.1, 0.15) is 11.8 Å². The summed E-state index contributed by atoms with van der Waals surface area (Å²) >= 11 is 0. The molecule has 1 aromatic heterocycles. The van der Waals surface area contributed by atoms with Gasteiger partial charge >= 0.3 is 0 Å². The van der Waals surface area contributed by atoms with E-state index >= 15 is 0 Å². The number of sulfonamides is 1. The number of carbonyl (C=O) groups excluding carboxylic acids is 1. The van der Waals surface area contributed by atoms with Gasteiger partial charge in [-0.2, -0.15) is 4.31 Å². The molecule has 0 bridgehead atoms. The maximum Gasteiger partial charge on any atom is 0.262 e. The van der Waals surface area contributed by atoms with Crippen LogP contribution in [0.4, 0.5) is 0 Å². The first-order valence-corrected chi connectivity index (χ1v) is 14.6. The van der Waals surface area contributed by atoms with E-state index < -0.39 is 27.6 Å². The summed E-state index contributed by atoms with van der Waals surface area (Å²) in [6.45, 7) is 8.24. The SMILES string of the molecule is CCCO[C@H]1CC[C@H](C(C(=O)NOC(C)(C)C)N(Cc2ccncc2)S(=O)(=O)c2ccc(OC)cc2)CC1. The summed E-state index contributed by atoms with van der Waals surface area (Å²) in [4.78, 5) is 23.5. The molecule has 1 unspecified atom stereocenters. The van der Waals surface area contributed by atoms with Crippen molar-refractivity contribution in [2.75, 3.05) is 13.7 Å². The molecular weight excluding hydrogens is 506 g/mol. The first-order valence-electron chi connectivity index (χ1n) is 13.2. The highest BCUT2D eigenvalue weighted by molar-refractivity contribution is 7.89. The first-order chi connectivity index (χ1) is 18.0. The Bertz CT molecular complexity index is 1110. The molecule has 3 rings (SSSR count). The summed E-state index contributed by atoms with van der Waals surface area (Å²) < 4.78 is 40.8. The van der Waals surface area contributed by atoms with Crippen LogP contribution < -0.4 is 10.2 Å². The van der Waals surface area contributed by atoms with Crippen LogP contribution in [0.3, 0.4) is 0 Å². The second kappa shape index (κ2) is 13.5. The van der Waals surface area contributed by atoms with E-state index in [1.807, 2.05) is 20.8 Å². The number of aromatic nitrogens is 1. The Hall–Kier alpha value is -2.53. The molecule has 210 valence electrons. The van der Waals surface area contributed by atoms with Gasteiger partial charge in [0.05, 0.1) is 23.7 Å². The van der Waals surface area contributed by atoms with Crippen LogP contribution in [0.15, 0.2) is 53.7 Å². The second-order valence-electron chi connectivity index (χ2n) is 10.6. The standard InChI is InChI=1S/C28H41N3O6S/c1-6-19-36-24-9-7-22(8-10-24)26(27(32)30-37-28(2,3)4)31(20-21-15-17-29-18-16-21)38(33,34)25-13-11-23(35-5)12-14-25/h11-18,22,24,26H,6-10,19-20H2,1-5H3,(H,30,32)/t22-,24-,26?. The van der Waals surface area contributed by atoms with Gasteiger partial charge in [-0.25, -0.2) is 13.9 Å². The van der Waals surface area contributed by atoms with Crippen molar-refractivity contribution < 1.29 is 27.5 Å². The third-order valence-electron chi connectivity index (χ3n) is 6.51. The molecular formula is C28H41N3O6S. The zero-order chi connectivity index (χ0) is 27.8. The molecule has 9 nitrogen and oxygen atoms in total. The zero-order valence-corrected chi connectivity index (χ0v) is 23.9. The predicted octanol–water partition coefficient (Wildman–Crippen LogP) is 4.48. The van der Waals surface area contributed by atoms with E-state index in [0.29, 0.717) is 25.2 Å². The molecule has 38 heavy (non-hydrogen) atoms. The Morgan fingerprint density at radius 3 is 2.26 bits per heavy atom. The Morgan fingerprint density at radius 2 is 1.71 bits per heavy atom. The fourth-order valence-electron chi connectivity index (χ4n) is 4.58. The van der Waals surface area contributed by atoms with Crippen molar-refractivity contribution in [3.8, 4) is 5.75 Å². The summed E-state index contributed by atoms with van der Waals surface area (Å²) in [5.74, 6) is -0.151. The Labute approximate surface area is 226 Å². The highest BCUT2D eigenvalue weighted by atomic mass is 32.2. The minimum Gasteiger partial charge on any atom is -0.497 e. The average Bonchev–Trinajstić information content (AvgIpc) is 2.91. The zero-order valence-electron chi connectivity index (χ0n) is 23.1. The largest absolute Gasteiger partial charge is 0.497 e. The Morgan fingerprint density at radius 1 is 1.08 bits per heavy atom. The second-order valence-corrected chi connectivity index (χ2v) is 12.5. The molecule has 0 spiro atoms. The summed E-state index contributed by atoms with van der Waals surface area (Å²) in [7, 11) is -2.57. The maximum absolute atomic E-state index is 14.2. The topological polar surface area (TPSA) is 107 Å². The smallest absolute Gasteiger partial charge is 0.262 e. The molecule has 0 aliphatic heterocycles. The molecule has 1 atom stereocenters. The van der Waals surface area contributed by atoms with Gasteiger partial charge in [0, 0.05) is 25.5 Å². The minimum absolute atomic E-state index is 0.0107. The predicted molar refractivity (Wildman–Crippen MR) is 145 cm³/mol. The van der Waals surface area contributed by atoms with Crippen LogP contribution in [0.5, 0.6) is 5.75 Å². The van der Waals surface area contributed by atoms with Crippen LogP contribution in [0, 0.1) is 5.92 Å². The number of hydrogen-bond acceptors (Lipinski definition) is 7. The molecule has 1 saturated carbocycles. The monoisotopic (exact) mass is 547 g/mol. The van der Waals surface area contributed by atoms with Gasteiger partial charge in [-0.1, -0.05) is 6.92 Å².